The van der Waals surface area contributed by atoms with Gasteiger partial charge in [-0.05, 0) is 12.1 Å². The molecule has 6 nitrogen and oxygen atoms in total. The second kappa shape index (κ2) is 5.47. The minimum absolute atomic E-state index is 0.0594. The zero-order chi connectivity index (χ0) is 13.8. The fourth-order valence-electron chi connectivity index (χ4n) is 1.64. The van der Waals surface area contributed by atoms with E-state index in [4.69, 9.17) is 5.11 Å². The van der Waals surface area contributed by atoms with Gasteiger partial charge in [-0.3, -0.25) is 4.68 Å². The van der Waals surface area contributed by atoms with Crippen molar-refractivity contribution in [3.8, 4) is 0 Å². The van der Waals surface area contributed by atoms with Crippen LogP contribution in [0.1, 0.15) is 16.1 Å². The van der Waals surface area contributed by atoms with Crippen molar-refractivity contribution >= 4 is 11.8 Å². The number of hydrogen-bond donors (Lipinski definition) is 2. The number of aromatic nitrogens is 3. The Morgan fingerprint density at radius 1 is 1.53 bits per heavy atom. The van der Waals surface area contributed by atoms with Crippen molar-refractivity contribution < 1.29 is 14.3 Å². The van der Waals surface area contributed by atoms with E-state index in [9.17, 15) is 9.18 Å². The second-order valence-corrected chi connectivity index (χ2v) is 3.98. The third kappa shape index (κ3) is 3.06. The number of hydrogen-bond acceptors (Lipinski definition) is 4. The van der Waals surface area contributed by atoms with Crippen LogP contribution in [-0.2, 0) is 13.5 Å². The van der Waals surface area contributed by atoms with Crippen LogP contribution in [0.2, 0.25) is 0 Å². The van der Waals surface area contributed by atoms with Crippen LogP contribution >= 0.6 is 0 Å². The van der Waals surface area contributed by atoms with Crippen molar-refractivity contribution in [2.75, 3.05) is 11.9 Å². The van der Waals surface area contributed by atoms with Gasteiger partial charge in [-0.1, -0.05) is 0 Å². The standard InChI is InChI=1S/C12H13FN4O2/c1-17-7-4-8(16-17)2-5-14-11-10(13)9(12(18)19)3-6-15-11/h3-4,6-7H,2,5H2,1H3,(H,14,15)(H,18,19). The van der Waals surface area contributed by atoms with E-state index >= 15 is 0 Å². The van der Waals surface area contributed by atoms with Crippen LogP contribution in [0.25, 0.3) is 0 Å². The number of pyridine rings is 1. The molecule has 0 saturated heterocycles. The van der Waals surface area contributed by atoms with E-state index in [0.29, 0.717) is 13.0 Å². The summed E-state index contributed by atoms with van der Waals surface area (Å²) in [7, 11) is 1.81. The Kier molecular flexibility index (Phi) is 3.74. The maximum absolute atomic E-state index is 13.7. The summed E-state index contributed by atoms with van der Waals surface area (Å²) in [6.45, 7) is 0.421. The zero-order valence-corrected chi connectivity index (χ0v) is 10.3. The van der Waals surface area contributed by atoms with Gasteiger partial charge < -0.3 is 10.4 Å². The van der Waals surface area contributed by atoms with Crippen LogP contribution < -0.4 is 5.32 Å². The minimum Gasteiger partial charge on any atom is -0.478 e. The van der Waals surface area contributed by atoms with Crippen molar-refractivity contribution in [2.24, 2.45) is 7.05 Å². The molecule has 7 heteroatoms. The minimum atomic E-state index is -1.31. The number of carbonyl (C=O) groups is 1. The third-order valence-corrected chi connectivity index (χ3v) is 2.56. The van der Waals surface area contributed by atoms with Crippen molar-refractivity contribution in [2.45, 2.75) is 6.42 Å². The normalized spacial score (nSPS) is 10.4. The molecule has 0 spiro atoms. The Bertz CT molecular complexity index is 597. The predicted molar refractivity (Wildman–Crippen MR) is 66.6 cm³/mol. The van der Waals surface area contributed by atoms with Crippen LogP contribution in [0, 0.1) is 5.82 Å². The Balaban J connectivity index is 2.00. The molecule has 0 amide bonds. The zero-order valence-electron chi connectivity index (χ0n) is 10.3. The molecule has 0 radical (unpaired) electrons. The van der Waals surface area contributed by atoms with Gasteiger partial charge in [0.2, 0.25) is 0 Å². The number of nitrogens with one attached hydrogen (secondary N) is 1. The van der Waals surface area contributed by atoms with Gasteiger partial charge in [-0.25, -0.2) is 14.2 Å². The number of halogens is 1. The van der Waals surface area contributed by atoms with Crippen molar-refractivity contribution in [1.82, 2.24) is 14.8 Å². The van der Waals surface area contributed by atoms with E-state index < -0.39 is 17.3 Å². The van der Waals surface area contributed by atoms with Crippen LogP contribution in [0.15, 0.2) is 24.5 Å². The summed E-state index contributed by atoms with van der Waals surface area (Å²) in [5.41, 5.74) is 0.472. The highest BCUT2D eigenvalue weighted by molar-refractivity contribution is 5.88. The summed E-state index contributed by atoms with van der Waals surface area (Å²) < 4.78 is 15.4. The maximum Gasteiger partial charge on any atom is 0.338 e. The Morgan fingerprint density at radius 2 is 2.32 bits per heavy atom. The summed E-state index contributed by atoms with van der Waals surface area (Å²) in [4.78, 5) is 14.5. The van der Waals surface area contributed by atoms with Gasteiger partial charge in [-0.2, -0.15) is 5.10 Å². The summed E-state index contributed by atoms with van der Waals surface area (Å²) >= 11 is 0. The molecule has 0 aliphatic heterocycles. The molecule has 2 aromatic heterocycles. The monoisotopic (exact) mass is 264 g/mol. The van der Waals surface area contributed by atoms with Crippen molar-refractivity contribution in [1.29, 1.82) is 0 Å². The lowest BCUT2D eigenvalue weighted by Gasteiger charge is -2.06. The highest BCUT2D eigenvalue weighted by Gasteiger charge is 2.14. The van der Waals surface area contributed by atoms with E-state index in [2.05, 4.69) is 15.4 Å². The Morgan fingerprint density at radius 3 is 2.95 bits per heavy atom. The lowest BCUT2D eigenvalue weighted by atomic mass is 10.2. The first-order valence-corrected chi connectivity index (χ1v) is 5.68. The number of carboxylic acid groups (broad SMARTS) is 1. The fraction of sp³-hybridized carbons (Fsp3) is 0.250. The molecule has 2 aromatic rings. The molecular formula is C12H13FN4O2. The molecule has 2 heterocycles. The topological polar surface area (TPSA) is 80.0 Å². The van der Waals surface area contributed by atoms with Crippen LogP contribution in [0.3, 0.4) is 0 Å². The van der Waals surface area contributed by atoms with Gasteiger partial charge in [0.1, 0.15) is 5.56 Å². The molecule has 2 rings (SSSR count). The molecule has 0 atom stereocenters. The largest absolute Gasteiger partial charge is 0.478 e. The van der Waals surface area contributed by atoms with Crippen molar-refractivity contribution in [3.63, 3.8) is 0 Å². The van der Waals surface area contributed by atoms with Gasteiger partial charge in [0.15, 0.2) is 11.6 Å². The molecule has 0 unspecified atom stereocenters. The lowest BCUT2D eigenvalue weighted by molar-refractivity contribution is 0.0692. The second-order valence-electron chi connectivity index (χ2n) is 3.98. The number of nitrogens with zero attached hydrogens (tertiary/aromatic N) is 3. The quantitative estimate of drug-likeness (QED) is 0.851. The predicted octanol–water partition coefficient (Wildman–Crippen LogP) is 1.31. The first-order chi connectivity index (χ1) is 9.08. The molecule has 19 heavy (non-hydrogen) atoms. The number of carboxylic acids is 1. The molecule has 0 bridgehead atoms. The first-order valence-electron chi connectivity index (χ1n) is 5.68. The van der Waals surface area contributed by atoms with E-state index in [0.717, 1.165) is 11.8 Å². The highest BCUT2D eigenvalue weighted by atomic mass is 19.1. The van der Waals surface area contributed by atoms with Gasteiger partial charge in [0.25, 0.3) is 0 Å². The van der Waals surface area contributed by atoms with Crippen LogP contribution in [-0.4, -0.2) is 32.4 Å². The maximum atomic E-state index is 13.7. The van der Waals surface area contributed by atoms with Crippen molar-refractivity contribution in [3.05, 3.63) is 41.6 Å². The third-order valence-electron chi connectivity index (χ3n) is 2.56. The molecule has 0 aliphatic carbocycles. The molecule has 0 fully saturated rings. The molecule has 0 aromatic carbocycles. The summed E-state index contributed by atoms with van der Waals surface area (Å²) in [5.74, 6) is -2.22. The highest BCUT2D eigenvalue weighted by Crippen LogP contribution is 2.14. The number of rotatable bonds is 5. The average Bonchev–Trinajstić information content (AvgIpc) is 2.77. The molecule has 0 saturated carbocycles. The average molecular weight is 264 g/mol. The van der Waals surface area contributed by atoms with E-state index in [-0.39, 0.29) is 5.82 Å². The van der Waals surface area contributed by atoms with Gasteiger partial charge in [0, 0.05) is 32.4 Å². The van der Waals surface area contributed by atoms with Gasteiger partial charge in [-0.15, -0.1) is 0 Å². The molecular weight excluding hydrogens is 251 g/mol. The fourth-order valence-corrected chi connectivity index (χ4v) is 1.64. The number of aromatic carboxylic acids is 1. The number of anilines is 1. The lowest BCUT2D eigenvalue weighted by Crippen LogP contribution is -2.11. The summed E-state index contributed by atoms with van der Waals surface area (Å²) in [6, 6.07) is 2.99. The molecule has 0 aliphatic rings. The van der Waals surface area contributed by atoms with Gasteiger partial charge in [0.05, 0.1) is 5.69 Å². The van der Waals surface area contributed by atoms with E-state index in [1.165, 1.54) is 6.20 Å². The van der Waals surface area contributed by atoms with E-state index in [1.807, 2.05) is 19.3 Å². The van der Waals surface area contributed by atoms with Crippen LogP contribution in [0.4, 0.5) is 10.2 Å². The number of aryl methyl sites for hydroxylation is 1. The Labute approximate surface area is 108 Å². The smallest absolute Gasteiger partial charge is 0.338 e. The Hall–Kier alpha value is -2.44. The molecule has 2 N–H and O–H groups in total. The van der Waals surface area contributed by atoms with E-state index in [1.54, 1.807) is 4.68 Å². The molecule has 100 valence electrons. The van der Waals surface area contributed by atoms with Gasteiger partial charge >= 0.3 is 5.97 Å². The summed E-state index contributed by atoms with van der Waals surface area (Å²) in [6.07, 6.45) is 3.67. The van der Waals surface area contributed by atoms with Crippen LogP contribution in [0.5, 0.6) is 0 Å². The summed E-state index contributed by atoms with van der Waals surface area (Å²) in [5, 5.41) is 15.7. The SMILES string of the molecule is Cn1ccc(CCNc2nccc(C(=O)O)c2F)n1. The first kappa shape index (κ1) is 13.0.